The molecule has 9 nitrogen and oxygen atoms in total. The highest BCUT2D eigenvalue weighted by molar-refractivity contribution is 5.93. The Balaban J connectivity index is 1.68. The van der Waals surface area contributed by atoms with E-state index < -0.39 is 11.7 Å². The Labute approximate surface area is 264 Å². The smallest absolute Gasteiger partial charge is 0.437 e. The zero-order valence-electron chi connectivity index (χ0n) is 27.2. The average Bonchev–Trinajstić information content (AvgIpc) is 3.47. The third kappa shape index (κ3) is 7.42. The van der Waals surface area contributed by atoms with Crippen molar-refractivity contribution in [3.05, 3.63) is 118 Å². The van der Waals surface area contributed by atoms with Crippen LogP contribution in [-0.2, 0) is 24.8 Å². The first-order chi connectivity index (χ1) is 21.4. The fourth-order valence-electron chi connectivity index (χ4n) is 5.53. The molecule has 0 radical (unpaired) electrons. The number of fused-ring (bicyclic) bond motifs is 1. The third-order valence-corrected chi connectivity index (χ3v) is 7.73. The van der Waals surface area contributed by atoms with Gasteiger partial charge in [-0.2, -0.15) is 0 Å². The molecule has 0 aliphatic carbocycles. The van der Waals surface area contributed by atoms with E-state index in [0.717, 1.165) is 22.2 Å². The predicted octanol–water partition coefficient (Wildman–Crippen LogP) is 6.20. The number of para-hydroxylation sites is 2. The molecule has 9 heteroatoms. The lowest BCUT2D eigenvalue weighted by Crippen LogP contribution is -2.38. The largest absolute Gasteiger partial charge is 0.442 e. The third-order valence-electron chi connectivity index (χ3n) is 7.73. The van der Waals surface area contributed by atoms with Crippen LogP contribution in [0.15, 0.2) is 84.1 Å². The number of hydrogen-bond donors (Lipinski definition) is 1. The van der Waals surface area contributed by atoms with Crippen molar-refractivity contribution in [2.75, 3.05) is 6.54 Å². The Kier molecular flexibility index (Phi) is 9.09. The van der Waals surface area contributed by atoms with Gasteiger partial charge in [-0.05, 0) is 71.2 Å². The van der Waals surface area contributed by atoms with Crippen molar-refractivity contribution >= 4 is 23.0 Å². The summed E-state index contributed by atoms with van der Waals surface area (Å²) in [5.74, 6) is -0.212. The second kappa shape index (κ2) is 13.0. The van der Waals surface area contributed by atoms with E-state index in [1.807, 2.05) is 59.0 Å². The molecule has 5 aromatic rings. The van der Waals surface area contributed by atoms with Crippen LogP contribution in [0, 0.1) is 20.8 Å². The quantitative estimate of drug-likeness (QED) is 0.228. The molecular weight excluding hydrogens is 564 g/mol. The predicted molar refractivity (Wildman–Crippen MR) is 176 cm³/mol. The number of amides is 2. The number of aryl methyl sites for hydroxylation is 4. The maximum atomic E-state index is 13.5. The van der Waals surface area contributed by atoms with Crippen LogP contribution in [0.2, 0.25) is 0 Å². The van der Waals surface area contributed by atoms with Gasteiger partial charge < -0.3 is 23.8 Å². The van der Waals surface area contributed by atoms with E-state index in [1.54, 1.807) is 10.9 Å². The number of aromatic nitrogens is 4. The van der Waals surface area contributed by atoms with Crippen LogP contribution in [0.3, 0.4) is 0 Å². The van der Waals surface area contributed by atoms with Crippen molar-refractivity contribution in [3.8, 4) is 0 Å². The number of hydrogen-bond acceptors (Lipinski definition) is 4. The molecule has 0 unspecified atom stereocenters. The van der Waals surface area contributed by atoms with Gasteiger partial charge in [-0.25, -0.2) is 9.78 Å². The molecule has 0 saturated heterocycles. The number of rotatable bonds is 8. The summed E-state index contributed by atoms with van der Waals surface area (Å²) in [6.45, 7) is 12.2. The van der Waals surface area contributed by atoms with Crippen molar-refractivity contribution in [2.45, 2.75) is 66.2 Å². The van der Waals surface area contributed by atoms with Crippen molar-refractivity contribution < 1.29 is 14.3 Å². The summed E-state index contributed by atoms with van der Waals surface area (Å²) >= 11 is 0. The second-order valence-corrected chi connectivity index (χ2v) is 12.7. The Morgan fingerprint density at radius 1 is 0.889 bits per heavy atom. The van der Waals surface area contributed by atoms with Gasteiger partial charge in [-0.15, -0.1) is 4.99 Å². The Morgan fingerprint density at radius 2 is 1.49 bits per heavy atom. The first kappa shape index (κ1) is 31.5. The molecule has 0 aliphatic rings. The highest BCUT2D eigenvalue weighted by Crippen LogP contribution is 2.23. The van der Waals surface area contributed by atoms with Crippen LogP contribution in [-0.4, -0.2) is 42.8 Å². The SMILES string of the molecule is Cc1ccc(C[C@@H](CNC(=O)c2c(C)ncn2C)n2c(=NC(=O)OC(C)(C)C)n(Cc3ccc(C)cc3)c3ccccc32)cc1. The fraction of sp³-hybridized carbons (Fsp3) is 0.333. The van der Waals surface area contributed by atoms with Crippen LogP contribution < -0.4 is 10.9 Å². The first-order valence-electron chi connectivity index (χ1n) is 15.2. The van der Waals surface area contributed by atoms with E-state index >= 15 is 0 Å². The maximum Gasteiger partial charge on any atom is 0.437 e. The van der Waals surface area contributed by atoms with Gasteiger partial charge in [0.05, 0.1) is 35.6 Å². The van der Waals surface area contributed by atoms with E-state index in [1.165, 1.54) is 11.1 Å². The van der Waals surface area contributed by atoms with Crippen molar-refractivity contribution in [3.63, 3.8) is 0 Å². The molecule has 2 amide bonds. The van der Waals surface area contributed by atoms with Crippen LogP contribution in [0.1, 0.15) is 65.2 Å². The van der Waals surface area contributed by atoms with E-state index in [9.17, 15) is 9.59 Å². The van der Waals surface area contributed by atoms with Gasteiger partial charge >= 0.3 is 6.09 Å². The molecule has 0 spiro atoms. The number of nitrogens with zero attached hydrogens (tertiary/aromatic N) is 5. The first-order valence-corrected chi connectivity index (χ1v) is 15.2. The average molecular weight is 607 g/mol. The van der Waals surface area contributed by atoms with Crippen LogP contribution in [0.4, 0.5) is 4.79 Å². The lowest BCUT2D eigenvalue weighted by molar-refractivity contribution is 0.0592. The summed E-state index contributed by atoms with van der Waals surface area (Å²) < 4.78 is 11.5. The summed E-state index contributed by atoms with van der Waals surface area (Å²) in [6, 6.07) is 24.4. The van der Waals surface area contributed by atoms with Crippen LogP contribution >= 0.6 is 0 Å². The highest BCUT2D eigenvalue weighted by atomic mass is 16.6. The van der Waals surface area contributed by atoms with Crippen molar-refractivity contribution in [1.29, 1.82) is 0 Å². The van der Waals surface area contributed by atoms with Gasteiger partial charge in [0.2, 0.25) is 5.62 Å². The minimum atomic E-state index is -0.713. The second-order valence-electron chi connectivity index (χ2n) is 12.7. The summed E-state index contributed by atoms with van der Waals surface area (Å²) in [5, 5.41) is 3.16. The number of nitrogens with one attached hydrogen (secondary N) is 1. The van der Waals surface area contributed by atoms with Gasteiger partial charge in [0, 0.05) is 13.6 Å². The molecule has 2 aromatic heterocycles. The zero-order valence-corrected chi connectivity index (χ0v) is 27.2. The van der Waals surface area contributed by atoms with E-state index in [2.05, 4.69) is 86.8 Å². The van der Waals surface area contributed by atoms with Crippen molar-refractivity contribution in [1.82, 2.24) is 24.0 Å². The number of carbonyl (C=O) groups is 2. The molecule has 0 aliphatic heterocycles. The topological polar surface area (TPSA) is 95.4 Å². The van der Waals surface area contributed by atoms with Gasteiger partial charge in [0.25, 0.3) is 5.91 Å². The summed E-state index contributed by atoms with van der Waals surface area (Å²) in [5.41, 5.74) is 7.23. The molecule has 5 rings (SSSR count). The molecule has 45 heavy (non-hydrogen) atoms. The fourth-order valence-corrected chi connectivity index (χ4v) is 5.53. The molecule has 3 aromatic carbocycles. The molecular formula is C36H42N6O3. The zero-order chi connectivity index (χ0) is 32.3. The van der Waals surface area contributed by atoms with Gasteiger partial charge in [-0.3, -0.25) is 4.79 Å². The Morgan fingerprint density at radius 3 is 2.07 bits per heavy atom. The van der Waals surface area contributed by atoms with Crippen molar-refractivity contribution in [2.24, 2.45) is 12.0 Å². The molecule has 2 heterocycles. The number of benzene rings is 3. The molecule has 1 N–H and O–H groups in total. The minimum absolute atomic E-state index is 0.212. The minimum Gasteiger partial charge on any atom is -0.442 e. The summed E-state index contributed by atoms with van der Waals surface area (Å²) in [6.07, 6.45) is 1.55. The van der Waals surface area contributed by atoms with Crippen LogP contribution in [0.5, 0.6) is 0 Å². The number of imidazole rings is 2. The lowest BCUT2D eigenvalue weighted by atomic mass is 10.0. The normalized spacial score (nSPS) is 12.8. The standard InChI is InChI=1S/C36H42N6O3/c1-24-12-16-27(17-13-24)20-29(21-37-33(43)32-26(3)38-23-40(32)7)42-31-11-9-8-10-30(31)41(22-28-18-14-25(2)15-19-28)34(42)39-35(44)45-36(4,5)6/h8-19,23,29H,20-22H2,1-7H3,(H,37,43)/t29-/m0/s1. The van der Waals surface area contributed by atoms with E-state index in [-0.39, 0.29) is 18.5 Å². The Bertz CT molecular complexity index is 1870. The molecule has 234 valence electrons. The molecule has 0 bridgehead atoms. The number of carbonyl (C=O) groups excluding carboxylic acids is 2. The maximum absolute atomic E-state index is 13.5. The summed E-state index contributed by atoms with van der Waals surface area (Å²) in [7, 11) is 1.81. The molecule has 0 fully saturated rings. The Hall–Kier alpha value is -4.92. The van der Waals surface area contributed by atoms with Gasteiger partial charge in [-0.1, -0.05) is 71.8 Å². The molecule has 0 saturated carbocycles. The van der Waals surface area contributed by atoms with Gasteiger partial charge in [0.1, 0.15) is 11.3 Å². The number of ether oxygens (including phenoxy) is 1. The van der Waals surface area contributed by atoms with E-state index in [4.69, 9.17) is 4.74 Å². The lowest BCUT2D eigenvalue weighted by Gasteiger charge is -2.22. The summed E-state index contributed by atoms with van der Waals surface area (Å²) in [4.78, 5) is 35.7. The highest BCUT2D eigenvalue weighted by Gasteiger charge is 2.24. The van der Waals surface area contributed by atoms with Crippen LogP contribution in [0.25, 0.3) is 11.0 Å². The monoisotopic (exact) mass is 606 g/mol. The van der Waals surface area contributed by atoms with Gasteiger partial charge in [0.15, 0.2) is 0 Å². The van der Waals surface area contributed by atoms with E-state index in [0.29, 0.717) is 30.0 Å². The molecule has 1 atom stereocenters.